The van der Waals surface area contributed by atoms with Crippen molar-refractivity contribution in [3.05, 3.63) is 87.6 Å². The average Bonchev–Trinajstić information content (AvgIpc) is 3.17. The lowest BCUT2D eigenvalue weighted by molar-refractivity contribution is 0.415. The fourth-order valence-corrected chi connectivity index (χ4v) is 3.92. The molecule has 25 heavy (non-hydrogen) atoms. The molecule has 3 aromatic rings. The molecule has 1 aliphatic rings. The third-order valence-corrected chi connectivity index (χ3v) is 5.48. The smallest absolute Gasteiger partial charge is 0.135 e. The number of nitrogens with one attached hydrogen (secondary N) is 1. The first-order valence-corrected chi connectivity index (χ1v) is 9.30. The minimum absolute atomic E-state index is 0.0297. The highest BCUT2D eigenvalue weighted by Crippen LogP contribution is 2.35. The number of para-hydroxylation sites is 1. The number of thiophene rings is 1. The Hall–Kier alpha value is -2.43. The van der Waals surface area contributed by atoms with E-state index in [1.807, 2.05) is 24.3 Å². The SMILES string of the molecule is Cc1ccc(C2=NC(c3cccs3)NC(c3ccccc3O)C2)cc1. The summed E-state index contributed by atoms with van der Waals surface area (Å²) in [4.78, 5) is 6.15. The molecule has 3 nitrogen and oxygen atoms in total. The van der Waals surface area contributed by atoms with Gasteiger partial charge in [-0.1, -0.05) is 54.1 Å². The maximum atomic E-state index is 10.3. The zero-order chi connectivity index (χ0) is 17.2. The van der Waals surface area contributed by atoms with Crippen molar-refractivity contribution >= 4 is 17.0 Å². The number of rotatable bonds is 3. The summed E-state index contributed by atoms with van der Waals surface area (Å²) >= 11 is 1.70. The second-order valence-electron chi connectivity index (χ2n) is 6.34. The van der Waals surface area contributed by atoms with Crippen LogP contribution in [0, 0.1) is 6.92 Å². The van der Waals surface area contributed by atoms with E-state index >= 15 is 0 Å². The van der Waals surface area contributed by atoms with Crippen molar-refractivity contribution in [1.29, 1.82) is 0 Å². The number of phenols is 1. The summed E-state index contributed by atoms with van der Waals surface area (Å²) in [6.45, 7) is 2.09. The number of nitrogens with zero attached hydrogens (tertiary/aromatic N) is 1. The number of hydrogen-bond donors (Lipinski definition) is 2. The summed E-state index contributed by atoms with van der Waals surface area (Å²) in [5, 5.41) is 16.0. The average molecular weight is 348 g/mol. The highest BCUT2D eigenvalue weighted by molar-refractivity contribution is 7.10. The molecule has 4 heteroatoms. The number of phenolic OH excluding ortho intramolecular Hbond substituents is 1. The summed E-state index contributed by atoms with van der Waals surface area (Å²) in [7, 11) is 0. The summed E-state index contributed by atoms with van der Waals surface area (Å²) in [6.07, 6.45) is 0.664. The molecule has 0 bridgehead atoms. The second kappa shape index (κ2) is 6.82. The van der Waals surface area contributed by atoms with E-state index in [0.29, 0.717) is 5.75 Å². The van der Waals surface area contributed by atoms with Gasteiger partial charge >= 0.3 is 0 Å². The lowest BCUT2D eigenvalue weighted by Crippen LogP contribution is -2.32. The van der Waals surface area contributed by atoms with Gasteiger partial charge in [0.2, 0.25) is 0 Å². The Morgan fingerprint density at radius 3 is 2.56 bits per heavy atom. The van der Waals surface area contributed by atoms with Crippen LogP contribution in [0.2, 0.25) is 0 Å². The molecule has 2 atom stereocenters. The molecule has 2 N–H and O–H groups in total. The summed E-state index contributed by atoms with van der Waals surface area (Å²) in [6, 6.07) is 20.2. The molecule has 1 aliphatic heterocycles. The quantitative estimate of drug-likeness (QED) is 0.701. The van der Waals surface area contributed by atoms with E-state index in [9.17, 15) is 5.11 Å². The van der Waals surface area contributed by atoms with Gasteiger partial charge in [-0.2, -0.15) is 0 Å². The molecule has 0 saturated heterocycles. The van der Waals surface area contributed by atoms with Crippen molar-refractivity contribution in [2.75, 3.05) is 0 Å². The molecule has 2 aromatic carbocycles. The molecule has 0 amide bonds. The van der Waals surface area contributed by atoms with Crippen molar-refractivity contribution in [2.45, 2.75) is 25.6 Å². The Kier molecular flexibility index (Phi) is 4.38. The molecule has 0 fully saturated rings. The Bertz CT molecular complexity index is 885. The number of aryl methyl sites for hydroxylation is 1. The monoisotopic (exact) mass is 348 g/mol. The largest absolute Gasteiger partial charge is 0.508 e. The fourth-order valence-electron chi connectivity index (χ4n) is 3.20. The normalized spacial score (nSPS) is 20.3. The lowest BCUT2D eigenvalue weighted by atomic mass is 9.94. The molecule has 126 valence electrons. The van der Waals surface area contributed by atoms with Crippen LogP contribution in [0.15, 0.2) is 71.0 Å². The molecule has 4 rings (SSSR count). The predicted octanol–water partition coefficient (Wildman–Crippen LogP) is 4.98. The highest BCUT2D eigenvalue weighted by atomic mass is 32.1. The standard InChI is InChI=1S/C21H20N2OS/c1-14-8-10-15(11-9-14)17-13-18(16-5-2-3-6-19(16)24)23-21(22-17)20-7-4-12-25-20/h2-12,18,21,23-24H,13H2,1H3. The molecule has 0 spiro atoms. The molecule has 0 saturated carbocycles. The Labute approximate surface area is 151 Å². The minimum atomic E-state index is -0.0883. The van der Waals surface area contributed by atoms with Gasteiger partial charge in [0.25, 0.3) is 0 Å². The summed E-state index contributed by atoms with van der Waals surface area (Å²) < 4.78 is 0. The van der Waals surface area contributed by atoms with Crippen LogP contribution in [0.25, 0.3) is 0 Å². The Morgan fingerprint density at radius 2 is 1.84 bits per heavy atom. The minimum Gasteiger partial charge on any atom is -0.508 e. The van der Waals surface area contributed by atoms with Crippen LogP contribution in [-0.2, 0) is 0 Å². The highest BCUT2D eigenvalue weighted by Gasteiger charge is 2.27. The van der Waals surface area contributed by atoms with E-state index < -0.39 is 0 Å². The molecule has 1 aromatic heterocycles. The predicted molar refractivity (Wildman–Crippen MR) is 103 cm³/mol. The van der Waals surface area contributed by atoms with Crippen molar-refractivity contribution < 1.29 is 5.11 Å². The topological polar surface area (TPSA) is 44.6 Å². The van der Waals surface area contributed by atoms with Crippen LogP contribution < -0.4 is 5.32 Å². The van der Waals surface area contributed by atoms with Crippen molar-refractivity contribution in [3.63, 3.8) is 0 Å². The van der Waals surface area contributed by atoms with Gasteiger partial charge in [0.1, 0.15) is 11.9 Å². The maximum absolute atomic E-state index is 10.3. The van der Waals surface area contributed by atoms with Gasteiger partial charge in [-0.15, -0.1) is 11.3 Å². The van der Waals surface area contributed by atoms with Gasteiger partial charge in [0, 0.05) is 28.6 Å². The van der Waals surface area contributed by atoms with Gasteiger partial charge in [0.15, 0.2) is 0 Å². The van der Waals surface area contributed by atoms with Gasteiger partial charge in [0.05, 0.1) is 0 Å². The van der Waals surface area contributed by atoms with Crippen molar-refractivity contribution in [3.8, 4) is 5.75 Å². The summed E-state index contributed by atoms with van der Waals surface area (Å²) in [5.41, 5.74) is 4.38. The van der Waals surface area contributed by atoms with Crippen molar-refractivity contribution in [1.82, 2.24) is 5.32 Å². The van der Waals surface area contributed by atoms with E-state index in [0.717, 1.165) is 23.3 Å². The van der Waals surface area contributed by atoms with Crippen LogP contribution >= 0.6 is 11.3 Å². The Balaban J connectivity index is 1.74. The number of aromatic hydroxyl groups is 1. The van der Waals surface area contributed by atoms with E-state index in [4.69, 9.17) is 4.99 Å². The van der Waals surface area contributed by atoms with E-state index in [2.05, 4.69) is 48.0 Å². The first-order chi connectivity index (χ1) is 12.2. The molecular formula is C21H20N2OS. The first-order valence-electron chi connectivity index (χ1n) is 8.42. The van der Waals surface area contributed by atoms with Crippen LogP contribution in [-0.4, -0.2) is 10.8 Å². The number of aliphatic imine (C=N–C) groups is 1. The first kappa shape index (κ1) is 16.1. The van der Waals surface area contributed by atoms with Crippen LogP contribution in [0.5, 0.6) is 5.75 Å². The molecule has 0 radical (unpaired) electrons. The van der Waals surface area contributed by atoms with E-state index in [1.54, 1.807) is 17.4 Å². The maximum Gasteiger partial charge on any atom is 0.135 e. The second-order valence-corrected chi connectivity index (χ2v) is 7.32. The van der Waals surface area contributed by atoms with Gasteiger partial charge in [-0.05, 0) is 30.0 Å². The third-order valence-electron chi connectivity index (χ3n) is 4.55. The number of hydrogen-bond acceptors (Lipinski definition) is 4. The number of benzene rings is 2. The van der Waals surface area contributed by atoms with Crippen LogP contribution in [0.3, 0.4) is 0 Å². The summed E-state index contributed by atoms with van der Waals surface area (Å²) in [5.74, 6) is 0.329. The molecular weight excluding hydrogens is 328 g/mol. The lowest BCUT2D eigenvalue weighted by Gasteiger charge is -2.30. The van der Waals surface area contributed by atoms with Gasteiger partial charge in [-0.25, -0.2) is 0 Å². The zero-order valence-corrected chi connectivity index (χ0v) is 14.8. The van der Waals surface area contributed by atoms with E-state index in [-0.39, 0.29) is 12.2 Å². The molecule has 2 heterocycles. The van der Waals surface area contributed by atoms with E-state index in [1.165, 1.54) is 10.4 Å². The van der Waals surface area contributed by atoms with Crippen LogP contribution in [0.4, 0.5) is 0 Å². The van der Waals surface area contributed by atoms with Gasteiger partial charge in [-0.3, -0.25) is 10.3 Å². The molecule has 0 aliphatic carbocycles. The third kappa shape index (κ3) is 3.36. The molecule has 2 unspecified atom stereocenters. The van der Waals surface area contributed by atoms with Crippen LogP contribution in [0.1, 0.15) is 40.2 Å². The Morgan fingerprint density at radius 1 is 1.04 bits per heavy atom. The fraction of sp³-hybridized carbons (Fsp3) is 0.190. The zero-order valence-electron chi connectivity index (χ0n) is 14.0. The van der Waals surface area contributed by atoms with Crippen molar-refractivity contribution in [2.24, 2.45) is 4.99 Å². The van der Waals surface area contributed by atoms with Gasteiger partial charge < -0.3 is 5.11 Å².